The maximum atomic E-state index is 12.8. The number of nitrogens with zero attached hydrogens (tertiary/aromatic N) is 1. The monoisotopic (exact) mass is 484 g/mol. The summed E-state index contributed by atoms with van der Waals surface area (Å²) in [5.41, 5.74) is 2.84. The molecule has 0 saturated carbocycles. The van der Waals surface area contributed by atoms with Gasteiger partial charge in [-0.15, -0.1) is 0 Å². The molecule has 0 bridgehead atoms. The molecule has 10 heteroatoms. The molecule has 0 fully saturated rings. The number of nitrogens with one attached hydrogen (secondary N) is 1. The molecule has 0 unspecified atom stereocenters. The average molecular weight is 485 g/mol. The van der Waals surface area contributed by atoms with Crippen LogP contribution in [0.25, 0.3) is 0 Å². The molecule has 0 heterocycles. The van der Waals surface area contributed by atoms with Gasteiger partial charge in [0.15, 0.2) is 11.5 Å². The number of esters is 1. The highest BCUT2D eigenvalue weighted by Crippen LogP contribution is 2.38. The summed E-state index contributed by atoms with van der Waals surface area (Å²) < 4.78 is 21.3. The van der Waals surface area contributed by atoms with Crippen molar-refractivity contribution in [2.45, 2.75) is 0 Å². The second-order valence-electron chi connectivity index (χ2n) is 6.70. The number of hydrogen-bond acceptors (Lipinski definition) is 8. The number of rotatable bonds is 8. The Morgan fingerprint density at radius 3 is 2.24 bits per heavy atom. The van der Waals surface area contributed by atoms with E-state index < -0.39 is 11.9 Å². The first-order valence-corrected chi connectivity index (χ1v) is 10.2. The van der Waals surface area contributed by atoms with Gasteiger partial charge in [-0.2, -0.15) is 5.10 Å². The number of hydrazone groups is 1. The number of ether oxygens (including phenoxy) is 4. The predicted molar refractivity (Wildman–Crippen MR) is 126 cm³/mol. The topological polar surface area (TPSA) is 116 Å². The fourth-order valence-electron chi connectivity index (χ4n) is 2.96. The Kier molecular flexibility index (Phi) is 7.94. The fourth-order valence-corrected chi connectivity index (χ4v) is 3.14. The van der Waals surface area contributed by atoms with Crippen molar-refractivity contribution in [1.82, 2.24) is 5.43 Å². The molecular formula is C24H21ClN2O7. The quantitative estimate of drug-likeness (QED) is 0.214. The number of aromatic hydroxyl groups is 1. The minimum absolute atomic E-state index is 0.0554. The highest BCUT2D eigenvalue weighted by atomic mass is 35.5. The van der Waals surface area contributed by atoms with Crippen LogP contribution in [0.5, 0.6) is 28.7 Å². The van der Waals surface area contributed by atoms with E-state index >= 15 is 0 Å². The van der Waals surface area contributed by atoms with Crippen LogP contribution in [-0.4, -0.2) is 44.5 Å². The number of amides is 1. The first-order valence-electron chi connectivity index (χ1n) is 9.81. The lowest BCUT2D eigenvalue weighted by Gasteiger charge is -2.14. The predicted octanol–water partition coefficient (Wildman–Crippen LogP) is 4.05. The van der Waals surface area contributed by atoms with Crippen LogP contribution in [-0.2, 0) is 0 Å². The van der Waals surface area contributed by atoms with Crippen molar-refractivity contribution in [2.75, 3.05) is 21.3 Å². The first kappa shape index (κ1) is 24.4. The van der Waals surface area contributed by atoms with Crippen LogP contribution in [0, 0.1) is 0 Å². The highest BCUT2D eigenvalue weighted by molar-refractivity contribution is 6.31. The smallest absolute Gasteiger partial charge is 0.343 e. The number of carbonyl (C=O) groups is 2. The van der Waals surface area contributed by atoms with Gasteiger partial charge < -0.3 is 24.1 Å². The van der Waals surface area contributed by atoms with Gasteiger partial charge in [-0.25, -0.2) is 10.2 Å². The largest absolute Gasteiger partial charge is 0.507 e. The Labute approximate surface area is 200 Å². The van der Waals surface area contributed by atoms with Crippen LogP contribution in [0.4, 0.5) is 0 Å². The Morgan fingerprint density at radius 1 is 0.941 bits per heavy atom. The molecule has 0 spiro atoms. The molecule has 0 atom stereocenters. The molecule has 0 radical (unpaired) electrons. The zero-order chi connectivity index (χ0) is 24.7. The molecule has 0 saturated heterocycles. The normalized spacial score (nSPS) is 10.6. The van der Waals surface area contributed by atoms with Crippen LogP contribution in [0.3, 0.4) is 0 Å². The number of phenols is 1. The van der Waals surface area contributed by atoms with Crippen molar-refractivity contribution < 1.29 is 33.6 Å². The summed E-state index contributed by atoms with van der Waals surface area (Å²) >= 11 is 6.07. The third-order valence-electron chi connectivity index (χ3n) is 4.59. The van der Waals surface area contributed by atoms with Gasteiger partial charge in [0.2, 0.25) is 5.75 Å². The molecular weight excluding hydrogens is 464 g/mol. The molecule has 0 aromatic heterocycles. The standard InChI is InChI=1S/C24H21ClN2O7/c1-31-20-11-14(12-21(32-2)22(20)33-3)24(30)34-19-9-8-16(25)10-15(19)13-26-27-23(29)17-6-4-5-7-18(17)28/h4-13,28H,1-3H3,(H,27,29)/b26-13+. The molecule has 0 aliphatic carbocycles. The molecule has 176 valence electrons. The van der Waals surface area contributed by atoms with E-state index in [2.05, 4.69) is 10.5 Å². The maximum Gasteiger partial charge on any atom is 0.343 e. The van der Waals surface area contributed by atoms with Crippen LogP contribution in [0.1, 0.15) is 26.3 Å². The van der Waals surface area contributed by atoms with E-state index in [0.717, 1.165) is 0 Å². The Morgan fingerprint density at radius 2 is 1.62 bits per heavy atom. The molecule has 9 nitrogen and oxygen atoms in total. The zero-order valence-electron chi connectivity index (χ0n) is 18.5. The molecule has 2 N–H and O–H groups in total. The van der Waals surface area contributed by atoms with Crippen LogP contribution in [0.2, 0.25) is 5.02 Å². The van der Waals surface area contributed by atoms with Crippen molar-refractivity contribution in [2.24, 2.45) is 5.10 Å². The van der Waals surface area contributed by atoms with E-state index in [0.29, 0.717) is 27.8 Å². The van der Waals surface area contributed by atoms with Gasteiger partial charge in [0.05, 0.1) is 38.7 Å². The van der Waals surface area contributed by atoms with Gasteiger partial charge in [-0.05, 0) is 42.5 Å². The molecule has 3 rings (SSSR count). The van der Waals surface area contributed by atoms with Crippen LogP contribution < -0.4 is 24.4 Å². The van der Waals surface area contributed by atoms with E-state index in [9.17, 15) is 14.7 Å². The highest BCUT2D eigenvalue weighted by Gasteiger charge is 2.19. The van der Waals surface area contributed by atoms with E-state index in [-0.39, 0.29) is 22.6 Å². The van der Waals surface area contributed by atoms with Gasteiger partial charge >= 0.3 is 5.97 Å². The van der Waals surface area contributed by atoms with E-state index in [1.165, 1.54) is 70.0 Å². The summed E-state index contributed by atoms with van der Waals surface area (Å²) in [6, 6.07) is 13.5. The lowest BCUT2D eigenvalue weighted by atomic mass is 10.1. The minimum Gasteiger partial charge on any atom is -0.507 e. The number of phenolic OH excluding ortho intramolecular Hbond substituents is 1. The van der Waals surface area contributed by atoms with Crippen molar-refractivity contribution in [1.29, 1.82) is 0 Å². The average Bonchev–Trinajstić information content (AvgIpc) is 2.84. The maximum absolute atomic E-state index is 12.8. The summed E-state index contributed by atoms with van der Waals surface area (Å²) in [5.74, 6) is -0.443. The van der Waals surface area contributed by atoms with E-state index in [1.807, 2.05) is 0 Å². The lowest BCUT2D eigenvalue weighted by Crippen LogP contribution is -2.17. The molecule has 3 aromatic rings. The zero-order valence-corrected chi connectivity index (χ0v) is 19.3. The van der Waals surface area contributed by atoms with Gasteiger partial charge in [0, 0.05) is 10.6 Å². The lowest BCUT2D eigenvalue weighted by molar-refractivity contribution is 0.0733. The number of benzene rings is 3. The SMILES string of the molecule is COc1cc(C(=O)Oc2ccc(Cl)cc2/C=N/NC(=O)c2ccccc2O)cc(OC)c1OC. The molecule has 34 heavy (non-hydrogen) atoms. The Balaban J connectivity index is 1.83. The number of para-hydroxylation sites is 1. The minimum atomic E-state index is -0.700. The fraction of sp³-hybridized carbons (Fsp3) is 0.125. The number of halogens is 1. The van der Waals surface area contributed by atoms with Gasteiger partial charge in [0.1, 0.15) is 11.5 Å². The van der Waals surface area contributed by atoms with E-state index in [4.69, 9.17) is 30.5 Å². The molecule has 0 aliphatic rings. The van der Waals surface area contributed by atoms with Crippen molar-refractivity contribution in [3.05, 3.63) is 76.3 Å². The molecule has 0 aliphatic heterocycles. The van der Waals surface area contributed by atoms with Gasteiger partial charge in [0.25, 0.3) is 5.91 Å². The molecule has 3 aromatic carbocycles. The van der Waals surface area contributed by atoms with Crippen molar-refractivity contribution in [3.63, 3.8) is 0 Å². The molecule has 1 amide bonds. The summed E-state index contributed by atoms with van der Waals surface area (Å²) in [6.07, 6.45) is 1.27. The summed E-state index contributed by atoms with van der Waals surface area (Å²) in [5, 5.41) is 14.0. The summed E-state index contributed by atoms with van der Waals surface area (Å²) in [6.45, 7) is 0. The van der Waals surface area contributed by atoms with E-state index in [1.54, 1.807) is 12.1 Å². The summed E-state index contributed by atoms with van der Waals surface area (Å²) in [4.78, 5) is 25.1. The number of hydrogen-bond donors (Lipinski definition) is 2. The number of carbonyl (C=O) groups excluding carboxylic acids is 2. The summed E-state index contributed by atoms with van der Waals surface area (Å²) in [7, 11) is 4.32. The first-order chi connectivity index (χ1) is 16.4. The van der Waals surface area contributed by atoms with Gasteiger partial charge in [-0.1, -0.05) is 23.7 Å². The van der Waals surface area contributed by atoms with Crippen LogP contribution in [0.15, 0.2) is 59.7 Å². The Bertz CT molecular complexity index is 1220. The van der Waals surface area contributed by atoms with Crippen molar-refractivity contribution >= 4 is 29.7 Å². The second kappa shape index (κ2) is 11.1. The van der Waals surface area contributed by atoms with Crippen molar-refractivity contribution in [3.8, 4) is 28.7 Å². The van der Waals surface area contributed by atoms with Gasteiger partial charge in [-0.3, -0.25) is 4.79 Å². The number of methoxy groups -OCH3 is 3. The Hall–Kier alpha value is -4.24. The third-order valence-corrected chi connectivity index (χ3v) is 4.83. The third kappa shape index (κ3) is 5.57. The second-order valence-corrected chi connectivity index (χ2v) is 7.14. The van der Waals surface area contributed by atoms with Crippen LogP contribution >= 0.6 is 11.6 Å².